The molecule has 0 amide bonds. The van der Waals surface area contributed by atoms with Crippen molar-refractivity contribution in [1.82, 2.24) is 10.2 Å². The van der Waals surface area contributed by atoms with Crippen LogP contribution in [0.25, 0.3) is 0 Å². The van der Waals surface area contributed by atoms with Crippen LogP contribution in [-0.4, -0.2) is 57.2 Å². The minimum atomic E-state index is -0.102. The zero-order valence-electron chi connectivity index (χ0n) is 17.2. The summed E-state index contributed by atoms with van der Waals surface area (Å²) in [5.41, 5.74) is 1.11. The molecule has 0 radical (unpaired) electrons. The number of likely N-dealkylation sites (tertiary alicyclic amines) is 1. The number of hydrogen-bond donors (Lipinski definition) is 1. The number of carbonyl (C=O) groups is 1. The van der Waals surface area contributed by atoms with Gasteiger partial charge in [-0.05, 0) is 37.5 Å². The van der Waals surface area contributed by atoms with Crippen molar-refractivity contribution >= 4 is 11.9 Å². The highest BCUT2D eigenvalue weighted by Crippen LogP contribution is 2.26. The van der Waals surface area contributed by atoms with Crippen molar-refractivity contribution in [2.75, 3.05) is 40.4 Å². The number of ether oxygens (including phenoxy) is 2. The average Bonchev–Trinajstić information content (AvgIpc) is 2.69. The van der Waals surface area contributed by atoms with E-state index in [0.717, 1.165) is 37.6 Å². The molecule has 1 unspecified atom stereocenters. The Balaban J connectivity index is 2.00. The summed E-state index contributed by atoms with van der Waals surface area (Å²) < 4.78 is 10.5. The summed E-state index contributed by atoms with van der Waals surface area (Å²) in [4.78, 5) is 18.7. The first-order chi connectivity index (χ1) is 12.9. The molecule has 150 valence electrons. The van der Waals surface area contributed by atoms with E-state index in [1.54, 1.807) is 14.2 Å². The van der Waals surface area contributed by atoms with E-state index >= 15 is 0 Å². The molecule has 1 heterocycles. The van der Waals surface area contributed by atoms with Crippen LogP contribution in [0.15, 0.2) is 29.3 Å². The monoisotopic (exact) mass is 375 g/mol. The van der Waals surface area contributed by atoms with E-state index in [2.05, 4.69) is 41.2 Å². The molecular formula is C21H33N3O3. The lowest BCUT2D eigenvalue weighted by molar-refractivity contribution is -0.149. The first-order valence-electron chi connectivity index (χ1n) is 9.68. The van der Waals surface area contributed by atoms with E-state index in [0.29, 0.717) is 13.2 Å². The number of rotatable bonds is 6. The van der Waals surface area contributed by atoms with Crippen LogP contribution in [0.4, 0.5) is 0 Å². The highest BCUT2D eigenvalue weighted by Gasteiger charge is 2.29. The molecule has 1 N–H and O–H groups in total. The van der Waals surface area contributed by atoms with Crippen LogP contribution < -0.4 is 10.1 Å². The number of nitrogens with one attached hydrogen (secondary N) is 1. The van der Waals surface area contributed by atoms with Crippen molar-refractivity contribution < 1.29 is 14.3 Å². The van der Waals surface area contributed by atoms with Gasteiger partial charge in [-0.1, -0.05) is 26.0 Å². The molecule has 1 fully saturated rings. The predicted octanol–water partition coefficient (Wildman–Crippen LogP) is 2.82. The summed E-state index contributed by atoms with van der Waals surface area (Å²) >= 11 is 0. The molecule has 6 heteroatoms. The summed E-state index contributed by atoms with van der Waals surface area (Å²) in [5.74, 6) is 1.51. The van der Waals surface area contributed by atoms with E-state index in [1.165, 1.54) is 5.56 Å². The summed E-state index contributed by atoms with van der Waals surface area (Å²) in [6.45, 7) is 8.94. The van der Waals surface area contributed by atoms with Crippen molar-refractivity contribution in [3.63, 3.8) is 0 Å². The number of carbonyl (C=O) groups excluding carboxylic acids is 1. The van der Waals surface area contributed by atoms with Crippen LogP contribution in [0.2, 0.25) is 0 Å². The lowest BCUT2D eigenvalue weighted by Gasteiger charge is -2.35. The van der Waals surface area contributed by atoms with Gasteiger partial charge in [0.05, 0.1) is 19.6 Å². The van der Waals surface area contributed by atoms with Gasteiger partial charge in [-0.25, -0.2) is 0 Å². The molecular weight excluding hydrogens is 342 g/mol. The third-order valence-electron chi connectivity index (χ3n) is 5.09. The molecule has 1 aromatic rings. The van der Waals surface area contributed by atoms with Crippen LogP contribution in [0, 0.1) is 5.92 Å². The Morgan fingerprint density at radius 3 is 2.85 bits per heavy atom. The highest BCUT2D eigenvalue weighted by molar-refractivity contribution is 5.81. The zero-order chi connectivity index (χ0) is 19.9. The number of piperidine rings is 1. The normalized spacial score (nSPS) is 18.2. The molecule has 0 aliphatic carbocycles. The summed E-state index contributed by atoms with van der Waals surface area (Å²) in [6.07, 6.45) is 1.84. The maximum Gasteiger partial charge on any atom is 0.310 e. The molecule has 0 spiro atoms. The van der Waals surface area contributed by atoms with Gasteiger partial charge >= 0.3 is 5.97 Å². The molecule has 2 rings (SSSR count). The van der Waals surface area contributed by atoms with Crippen LogP contribution in [0.1, 0.15) is 39.2 Å². The van der Waals surface area contributed by atoms with Gasteiger partial charge in [0.25, 0.3) is 0 Å². The lowest BCUT2D eigenvalue weighted by atomic mass is 9.84. The van der Waals surface area contributed by atoms with E-state index in [-0.39, 0.29) is 17.3 Å². The second kappa shape index (κ2) is 9.62. The van der Waals surface area contributed by atoms with Gasteiger partial charge < -0.3 is 19.7 Å². The molecule has 1 aliphatic rings. The van der Waals surface area contributed by atoms with Crippen molar-refractivity contribution in [3.05, 3.63) is 29.8 Å². The summed E-state index contributed by atoms with van der Waals surface area (Å²) in [7, 11) is 3.47. The second-order valence-corrected chi connectivity index (χ2v) is 7.55. The Morgan fingerprint density at radius 1 is 1.41 bits per heavy atom. The first-order valence-corrected chi connectivity index (χ1v) is 9.68. The van der Waals surface area contributed by atoms with Gasteiger partial charge in [0, 0.05) is 32.1 Å². The van der Waals surface area contributed by atoms with Gasteiger partial charge in [0.1, 0.15) is 5.75 Å². The molecule has 0 aromatic heterocycles. The number of methoxy groups -OCH3 is 1. The molecule has 1 saturated heterocycles. The van der Waals surface area contributed by atoms with Crippen molar-refractivity contribution in [3.8, 4) is 5.75 Å². The van der Waals surface area contributed by atoms with Crippen LogP contribution >= 0.6 is 0 Å². The van der Waals surface area contributed by atoms with E-state index in [9.17, 15) is 4.79 Å². The van der Waals surface area contributed by atoms with Gasteiger partial charge in [-0.15, -0.1) is 0 Å². The van der Waals surface area contributed by atoms with Crippen LogP contribution in [-0.2, 0) is 14.9 Å². The topological polar surface area (TPSA) is 63.2 Å². The zero-order valence-corrected chi connectivity index (χ0v) is 17.2. The Bertz CT molecular complexity index is 658. The number of esters is 1. The molecule has 1 aliphatic heterocycles. The maximum absolute atomic E-state index is 12.1. The smallest absolute Gasteiger partial charge is 0.310 e. The summed E-state index contributed by atoms with van der Waals surface area (Å²) in [5, 5.41) is 3.49. The number of hydrogen-bond acceptors (Lipinski definition) is 4. The molecule has 1 aromatic carbocycles. The molecule has 1 atom stereocenters. The number of nitrogens with zero attached hydrogens (tertiary/aromatic N) is 2. The maximum atomic E-state index is 12.1. The Hall–Kier alpha value is -2.24. The minimum absolute atomic E-state index is 0.0800. The predicted molar refractivity (Wildman–Crippen MR) is 108 cm³/mol. The van der Waals surface area contributed by atoms with E-state index < -0.39 is 0 Å². The average molecular weight is 376 g/mol. The number of aliphatic imine (C=N–C) groups is 1. The van der Waals surface area contributed by atoms with Gasteiger partial charge in [0.15, 0.2) is 5.96 Å². The fourth-order valence-electron chi connectivity index (χ4n) is 3.40. The van der Waals surface area contributed by atoms with Gasteiger partial charge in [0.2, 0.25) is 0 Å². The van der Waals surface area contributed by atoms with Gasteiger partial charge in [-0.2, -0.15) is 0 Å². The van der Waals surface area contributed by atoms with Crippen molar-refractivity contribution in [2.24, 2.45) is 10.9 Å². The Morgan fingerprint density at radius 2 is 2.19 bits per heavy atom. The number of guanidine groups is 1. The van der Waals surface area contributed by atoms with Crippen LogP contribution in [0.5, 0.6) is 5.75 Å². The fraction of sp³-hybridized carbons (Fsp3) is 0.619. The Labute approximate surface area is 162 Å². The SMILES string of the molecule is CCOC(=O)C1CCCN(C(=NC)NCC(C)(C)c2cccc(OC)c2)C1. The third-order valence-corrected chi connectivity index (χ3v) is 5.09. The largest absolute Gasteiger partial charge is 0.497 e. The standard InChI is InChI=1S/C21H33N3O3/c1-6-27-19(25)16-9-8-12-24(14-16)20(22-4)23-15-21(2,3)17-10-7-11-18(13-17)26-5/h7,10-11,13,16H,6,8-9,12,14-15H2,1-5H3,(H,22,23). The Kier molecular flexibility index (Phi) is 7.51. The van der Waals surface area contributed by atoms with Crippen LogP contribution in [0.3, 0.4) is 0 Å². The lowest BCUT2D eigenvalue weighted by Crippen LogP contribution is -2.50. The van der Waals surface area contributed by atoms with Crippen molar-refractivity contribution in [2.45, 2.75) is 39.0 Å². The molecule has 6 nitrogen and oxygen atoms in total. The third kappa shape index (κ3) is 5.62. The fourth-order valence-corrected chi connectivity index (χ4v) is 3.40. The molecule has 0 bridgehead atoms. The second-order valence-electron chi connectivity index (χ2n) is 7.55. The quantitative estimate of drug-likeness (QED) is 0.471. The minimum Gasteiger partial charge on any atom is -0.497 e. The number of benzene rings is 1. The highest BCUT2D eigenvalue weighted by atomic mass is 16.5. The van der Waals surface area contributed by atoms with E-state index in [4.69, 9.17) is 9.47 Å². The molecule has 27 heavy (non-hydrogen) atoms. The first kappa shape index (κ1) is 21.1. The molecule has 0 saturated carbocycles. The van der Waals surface area contributed by atoms with Gasteiger partial charge in [-0.3, -0.25) is 9.79 Å². The van der Waals surface area contributed by atoms with E-state index in [1.807, 2.05) is 19.1 Å². The summed E-state index contributed by atoms with van der Waals surface area (Å²) in [6, 6.07) is 8.15. The van der Waals surface area contributed by atoms with Crippen molar-refractivity contribution in [1.29, 1.82) is 0 Å².